The van der Waals surface area contributed by atoms with Crippen molar-refractivity contribution in [1.29, 1.82) is 0 Å². The van der Waals surface area contributed by atoms with Gasteiger partial charge in [-0.1, -0.05) is 0 Å². The SMILES string of the molecule is O=C1CCc2cc(OCc3cncc(Br)c3)ccc21. The van der Waals surface area contributed by atoms with Crippen LogP contribution in [0.2, 0.25) is 0 Å². The Morgan fingerprint density at radius 2 is 2.11 bits per heavy atom. The molecule has 4 heteroatoms. The van der Waals surface area contributed by atoms with Gasteiger partial charge in [0.1, 0.15) is 12.4 Å². The molecule has 1 aliphatic rings. The van der Waals surface area contributed by atoms with Gasteiger partial charge in [-0.2, -0.15) is 0 Å². The molecule has 0 bridgehead atoms. The molecule has 96 valence electrons. The summed E-state index contributed by atoms with van der Waals surface area (Å²) in [6.07, 6.45) is 4.96. The number of aromatic nitrogens is 1. The monoisotopic (exact) mass is 317 g/mol. The lowest BCUT2D eigenvalue weighted by Gasteiger charge is -2.08. The van der Waals surface area contributed by atoms with E-state index in [0.29, 0.717) is 13.0 Å². The van der Waals surface area contributed by atoms with Gasteiger partial charge in [0.25, 0.3) is 0 Å². The van der Waals surface area contributed by atoms with Crippen LogP contribution in [0, 0.1) is 0 Å². The van der Waals surface area contributed by atoms with Crippen molar-refractivity contribution in [2.45, 2.75) is 19.4 Å². The number of ether oxygens (including phenoxy) is 1. The Kier molecular flexibility index (Phi) is 3.34. The number of Topliss-reactive ketones (excluding diaryl/α,β-unsaturated/α-hetero) is 1. The zero-order chi connectivity index (χ0) is 13.2. The molecule has 3 nitrogen and oxygen atoms in total. The lowest BCUT2D eigenvalue weighted by Crippen LogP contribution is -1.97. The second-order valence-electron chi connectivity index (χ2n) is 4.54. The highest BCUT2D eigenvalue weighted by Gasteiger charge is 2.19. The molecule has 0 N–H and O–H groups in total. The van der Waals surface area contributed by atoms with E-state index >= 15 is 0 Å². The summed E-state index contributed by atoms with van der Waals surface area (Å²) in [5.41, 5.74) is 2.94. The molecule has 0 spiro atoms. The smallest absolute Gasteiger partial charge is 0.163 e. The minimum absolute atomic E-state index is 0.234. The third-order valence-electron chi connectivity index (χ3n) is 3.17. The average molecular weight is 318 g/mol. The second kappa shape index (κ2) is 5.13. The van der Waals surface area contributed by atoms with Crippen LogP contribution in [-0.4, -0.2) is 10.8 Å². The van der Waals surface area contributed by atoms with E-state index in [0.717, 1.165) is 33.3 Å². The van der Waals surface area contributed by atoms with Crippen molar-refractivity contribution in [3.63, 3.8) is 0 Å². The first-order chi connectivity index (χ1) is 9.22. The molecule has 0 atom stereocenters. The van der Waals surface area contributed by atoms with Gasteiger partial charge < -0.3 is 4.74 Å². The Morgan fingerprint density at radius 1 is 1.21 bits per heavy atom. The molecular formula is C15H12BrNO2. The highest BCUT2D eigenvalue weighted by molar-refractivity contribution is 9.10. The van der Waals surface area contributed by atoms with Gasteiger partial charge in [0.2, 0.25) is 0 Å². The van der Waals surface area contributed by atoms with E-state index < -0.39 is 0 Å². The van der Waals surface area contributed by atoms with Crippen LogP contribution in [0.15, 0.2) is 41.1 Å². The van der Waals surface area contributed by atoms with Gasteiger partial charge in [0, 0.05) is 34.4 Å². The van der Waals surface area contributed by atoms with E-state index in [1.165, 1.54) is 0 Å². The predicted molar refractivity (Wildman–Crippen MR) is 75.4 cm³/mol. The highest BCUT2D eigenvalue weighted by Crippen LogP contribution is 2.26. The molecule has 0 amide bonds. The van der Waals surface area contributed by atoms with Gasteiger partial charge in [0.15, 0.2) is 5.78 Å². The minimum Gasteiger partial charge on any atom is -0.489 e. The van der Waals surface area contributed by atoms with E-state index in [4.69, 9.17) is 4.74 Å². The van der Waals surface area contributed by atoms with Crippen molar-refractivity contribution in [3.05, 3.63) is 57.8 Å². The first-order valence-corrected chi connectivity index (χ1v) is 6.90. The molecule has 1 heterocycles. The number of ketones is 1. The average Bonchev–Trinajstić information content (AvgIpc) is 2.78. The molecule has 1 aliphatic carbocycles. The number of benzene rings is 1. The third kappa shape index (κ3) is 2.68. The van der Waals surface area contributed by atoms with Crippen molar-refractivity contribution in [3.8, 4) is 5.75 Å². The highest BCUT2D eigenvalue weighted by atomic mass is 79.9. The number of carbonyl (C=O) groups excluding carboxylic acids is 1. The summed E-state index contributed by atoms with van der Waals surface area (Å²) < 4.78 is 6.67. The van der Waals surface area contributed by atoms with Crippen LogP contribution in [0.1, 0.15) is 27.9 Å². The van der Waals surface area contributed by atoms with Crippen LogP contribution in [-0.2, 0) is 13.0 Å². The van der Waals surface area contributed by atoms with E-state index in [1.54, 1.807) is 12.4 Å². The number of rotatable bonds is 3. The molecule has 0 fully saturated rings. The first kappa shape index (κ1) is 12.4. The summed E-state index contributed by atoms with van der Waals surface area (Å²) >= 11 is 3.38. The van der Waals surface area contributed by atoms with Crippen LogP contribution < -0.4 is 4.74 Å². The number of hydrogen-bond acceptors (Lipinski definition) is 3. The fraction of sp³-hybridized carbons (Fsp3) is 0.200. The molecular weight excluding hydrogens is 306 g/mol. The number of halogens is 1. The molecule has 0 aliphatic heterocycles. The fourth-order valence-electron chi connectivity index (χ4n) is 2.22. The summed E-state index contributed by atoms with van der Waals surface area (Å²) in [4.78, 5) is 15.6. The van der Waals surface area contributed by atoms with Gasteiger partial charge in [-0.25, -0.2) is 0 Å². The zero-order valence-electron chi connectivity index (χ0n) is 10.2. The van der Waals surface area contributed by atoms with Gasteiger partial charge >= 0.3 is 0 Å². The van der Waals surface area contributed by atoms with Gasteiger partial charge in [-0.15, -0.1) is 0 Å². The van der Waals surface area contributed by atoms with Crippen LogP contribution in [0.25, 0.3) is 0 Å². The summed E-state index contributed by atoms with van der Waals surface area (Å²) in [6.45, 7) is 0.471. The second-order valence-corrected chi connectivity index (χ2v) is 5.46. The van der Waals surface area contributed by atoms with Crippen molar-refractivity contribution < 1.29 is 9.53 Å². The summed E-state index contributed by atoms with van der Waals surface area (Å²) in [6, 6.07) is 7.65. The largest absolute Gasteiger partial charge is 0.489 e. The Hall–Kier alpha value is -1.68. The molecule has 2 aromatic rings. The van der Waals surface area contributed by atoms with Crippen LogP contribution in [0.4, 0.5) is 0 Å². The van der Waals surface area contributed by atoms with Gasteiger partial charge in [-0.3, -0.25) is 9.78 Å². The van der Waals surface area contributed by atoms with E-state index in [9.17, 15) is 4.79 Å². The lowest BCUT2D eigenvalue weighted by atomic mass is 10.1. The van der Waals surface area contributed by atoms with E-state index in [1.807, 2.05) is 24.3 Å². The minimum atomic E-state index is 0.234. The normalized spacial score (nSPS) is 13.4. The zero-order valence-corrected chi connectivity index (χ0v) is 11.8. The Labute approximate surface area is 119 Å². The van der Waals surface area contributed by atoms with Crippen molar-refractivity contribution in [1.82, 2.24) is 4.98 Å². The summed E-state index contributed by atoms with van der Waals surface area (Å²) in [5.74, 6) is 1.03. The fourth-order valence-corrected chi connectivity index (χ4v) is 2.64. The molecule has 0 saturated carbocycles. The van der Waals surface area contributed by atoms with Crippen LogP contribution in [0.3, 0.4) is 0 Å². The lowest BCUT2D eigenvalue weighted by molar-refractivity contribution is 0.0994. The predicted octanol–water partition coefficient (Wildman–Crippen LogP) is 3.55. The molecule has 0 unspecified atom stereocenters. The number of pyridine rings is 1. The molecule has 19 heavy (non-hydrogen) atoms. The number of nitrogens with zero attached hydrogens (tertiary/aromatic N) is 1. The number of fused-ring (bicyclic) bond motifs is 1. The maximum atomic E-state index is 11.5. The third-order valence-corrected chi connectivity index (χ3v) is 3.60. The number of hydrogen-bond donors (Lipinski definition) is 0. The van der Waals surface area contributed by atoms with E-state index in [2.05, 4.69) is 20.9 Å². The Bertz CT molecular complexity index is 640. The molecule has 1 aromatic heterocycles. The topological polar surface area (TPSA) is 39.2 Å². The molecule has 0 radical (unpaired) electrons. The Morgan fingerprint density at radius 3 is 2.95 bits per heavy atom. The van der Waals surface area contributed by atoms with Crippen LogP contribution in [0.5, 0.6) is 5.75 Å². The standard InChI is InChI=1S/C15H12BrNO2/c16-12-5-10(7-17-8-12)9-19-13-2-3-14-11(6-13)1-4-15(14)18/h2-3,5-8H,1,4,9H2. The Balaban J connectivity index is 1.73. The molecule has 0 saturated heterocycles. The quantitative estimate of drug-likeness (QED) is 0.869. The van der Waals surface area contributed by atoms with E-state index in [-0.39, 0.29) is 5.78 Å². The summed E-state index contributed by atoms with van der Waals surface area (Å²) in [7, 11) is 0. The number of aryl methyl sites for hydroxylation is 1. The maximum Gasteiger partial charge on any atom is 0.163 e. The van der Waals surface area contributed by atoms with Crippen LogP contribution >= 0.6 is 15.9 Å². The number of carbonyl (C=O) groups is 1. The molecule has 3 rings (SSSR count). The maximum absolute atomic E-state index is 11.5. The molecule has 1 aromatic carbocycles. The van der Waals surface area contributed by atoms with Crippen molar-refractivity contribution in [2.75, 3.05) is 0 Å². The summed E-state index contributed by atoms with van der Waals surface area (Å²) in [5, 5.41) is 0. The van der Waals surface area contributed by atoms with Crippen molar-refractivity contribution in [2.24, 2.45) is 0 Å². The first-order valence-electron chi connectivity index (χ1n) is 6.11. The van der Waals surface area contributed by atoms with Gasteiger partial charge in [-0.05, 0) is 52.2 Å². The van der Waals surface area contributed by atoms with Gasteiger partial charge in [0.05, 0.1) is 0 Å². The van der Waals surface area contributed by atoms with Crippen molar-refractivity contribution >= 4 is 21.7 Å².